The highest BCUT2D eigenvalue weighted by atomic mass is 16.7. The molecule has 5 aliphatic rings. The van der Waals surface area contributed by atoms with E-state index in [1.54, 1.807) is 6.92 Å². The van der Waals surface area contributed by atoms with E-state index in [4.69, 9.17) is 14.2 Å². The van der Waals surface area contributed by atoms with Gasteiger partial charge in [0.2, 0.25) is 0 Å². The molecule has 0 radical (unpaired) electrons. The summed E-state index contributed by atoms with van der Waals surface area (Å²) in [7, 11) is 0. The molecule has 1 saturated heterocycles. The summed E-state index contributed by atoms with van der Waals surface area (Å²) >= 11 is 0. The molecule has 1 spiro atoms. The van der Waals surface area contributed by atoms with E-state index in [0.29, 0.717) is 42.7 Å². The molecule has 0 aromatic carbocycles. The van der Waals surface area contributed by atoms with Crippen molar-refractivity contribution < 1.29 is 23.8 Å². The number of fused-ring (bicyclic) bond motifs is 6. The molecule has 0 aromatic heterocycles. The van der Waals surface area contributed by atoms with E-state index in [0.717, 1.165) is 38.5 Å². The van der Waals surface area contributed by atoms with Crippen molar-refractivity contribution in [2.75, 3.05) is 13.2 Å². The first-order valence-electron chi connectivity index (χ1n) is 12.2. The van der Waals surface area contributed by atoms with Crippen LogP contribution in [0.25, 0.3) is 0 Å². The van der Waals surface area contributed by atoms with Crippen LogP contribution >= 0.6 is 0 Å². The van der Waals surface area contributed by atoms with E-state index < -0.39 is 5.79 Å². The van der Waals surface area contributed by atoms with E-state index in [1.807, 2.05) is 0 Å². The van der Waals surface area contributed by atoms with Crippen LogP contribution in [-0.4, -0.2) is 36.9 Å². The number of esters is 1. The quantitative estimate of drug-likeness (QED) is 0.617. The maximum absolute atomic E-state index is 12.7. The Bertz CT molecular complexity index is 727. The lowest BCUT2D eigenvalue weighted by Crippen LogP contribution is -2.65. The summed E-state index contributed by atoms with van der Waals surface area (Å²) in [5, 5.41) is 0. The zero-order valence-electron chi connectivity index (χ0n) is 19.1. The molecule has 0 amide bonds. The maximum atomic E-state index is 12.7. The van der Waals surface area contributed by atoms with E-state index in [1.165, 1.54) is 19.8 Å². The normalized spacial score (nSPS) is 49.2. The third-order valence-electron chi connectivity index (χ3n) is 10.4. The van der Waals surface area contributed by atoms with Crippen LogP contribution < -0.4 is 0 Å². The Balaban J connectivity index is 1.48. The van der Waals surface area contributed by atoms with Crippen LogP contribution in [0.1, 0.15) is 79.1 Å². The maximum Gasteiger partial charge on any atom is 0.302 e. The topological polar surface area (TPSA) is 61.8 Å². The number of Topliss-reactive ketones (excluding diaryl/α,β-unsaturated/α-hetero) is 1. The van der Waals surface area contributed by atoms with Gasteiger partial charge in [0.25, 0.3) is 0 Å². The van der Waals surface area contributed by atoms with Crippen LogP contribution in [0.2, 0.25) is 0 Å². The Morgan fingerprint density at radius 1 is 0.933 bits per heavy atom. The summed E-state index contributed by atoms with van der Waals surface area (Å²) in [5.74, 6) is 1.87. The summed E-state index contributed by atoms with van der Waals surface area (Å²) in [6.07, 6.45) is 8.57. The van der Waals surface area contributed by atoms with Crippen LogP contribution in [-0.2, 0) is 23.8 Å². The summed E-state index contributed by atoms with van der Waals surface area (Å²) in [6, 6.07) is 0. The first-order chi connectivity index (χ1) is 14.2. The van der Waals surface area contributed by atoms with Crippen molar-refractivity contribution in [3.8, 4) is 0 Å². The monoisotopic (exact) mass is 418 g/mol. The molecule has 1 heterocycles. The number of carbonyl (C=O) groups is 2. The fourth-order valence-electron chi connectivity index (χ4n) is 9.04. The molecule has 30 heavy (non-hydrogen) atoms. The average molecular weight is 419 g/mol. The second-order valence-corrected chi connectivity index (χ2v) is 11.3. The number of hydrogen-bond donors (Lipinski definition) is 0. The molecule has 5 rings (SSSR count). The van der Waals surface area contributed by atoms with E-state index in [-0.39, 0.29) is 28.8 Å². The van der Waals surface area contributed by atoms with Crippen molar-refractivity contribution in [3.05, 3.63) is 0 Å². The first-order valence-corrected chi connectivity index (χ1v) is 12.2. The van der Waals surface area contributed by atoms with Gasteiger partial charge in [0.1, 0.15) is 11.9 Å². The van der Waals surface area contributed by atoms with E-state index in [2.05, 4.69) is 13.8 Å². The molecule has 8 atom stereocenters. The molecule has 5 fully saturated rings. The number of carbonyl (C=O) groups excluding carboxylic acids is 2. The second kappa shape index (κ2) is 7.03. The highest BCUT2D eigenvalue weighted by molar-refractivity contribution is 5.80. The lowest BCUT2D eigenvalue weighted by atomic mass is 9.43. The molecule has 1 aliphatic heterocycles. The number of rotatable bonds is 2. The van der Waals surface area contributed by atoms with Gasteiger partial charge in [-0.3, -0.25) is 9.59 Å². The summed E-state index contributed by atoms with van der Waals surface area (Å²) in [6.45, 7) is 9.36. The summed E-state index contributed by atoms with van der Waals surface area (Å²) in [4.78, 5) is 24.2. The number of ketones is 1. The average Bonchev–Trinajstić information content (AvgIpc) is 3.29. The Kier molecular flexibility index (Phi) is 4.91. The van der Waals surface area contributed by atoms with Gasteiger partial charge in [-0.2, -0.15) is 0 Å². The Hall–Kier alpha value is -0.940. The van der Waals surface area contributed by atoms with Gasteiger partial charge < -0.3 is 14.2 Å². The zero-order chi connectivity index (χ0) is 21.3. The number of hydrogen-bond acceptors (Lipinski definition) is 5. The van der Waals surface area contributed by atoms with Crippen LogP contribution in [0.15, 0.2) is 0 Å². The Morgan fingerprint density at radius 2 is 1.67 bits per heavy atom. The van der Waals surface area contributed by atoms with Gasteiger partial charge in [-0.1, -0.05) is 13.8 Å². The SMILES string of the molecule is CC(=O)O[C@H]1CC[C@@]2(C)[C@@H](CC[C@H]3[C@H]2CC2(OCCO2)[C@]2(C)[C@@H](C(C)=O)CC[C@H]32)C1. The second-order valence-electron chi connectivity index (χ2n) is 11.3. The van der Waals surface area contributed by atoms with E-state index in [9.17, 15) is 9.59 Å². The van der Waals surface area contributed by atoms with Gasteiger partial charge in [-0.05, 0) is 81.0 Å². The molecule has 0 bridgehead atoms. The zero-order valence-corrected chi connectivity index (χ0v) is 19.1. The first kappa shape index (κ1) is 20.9. The predicted molar refractivity (Wildman–Crippen MR) is 111 cm³/mol. The molecular weight excluding hydrogens is 380 g/mol. The van der Waals surface area contributed by atoms with Gasteiger partial charge in [0.15, 0.2) is 5.79 Å². The molecule has 0 unspecified atom stereocenters. The highest BCUT2D eigenvalue weighted by Gasteiger charge is 2.71. The van der Waals surface area contributed by atoms with Crippen molar-refractivity contribution in [3.63, 3.8) is 0 Å². The third-order valence-corrected chi connectivity index (χ3v) is 10.4. The van der Waals surface area contributed by atoms with Crippen molar-refractivity contribution in [1.82, 2.24) is 0 Å². The summed E-state index contributed by atoms with van der Waals surface area (Å²) in [5.41, 5.74) is 0.0200. The minimum Gasteiger partial charge on any atom is -0.463 e. The van der Waals surface area contributed by atoms with Crippen molar-refractivity contribution >= 4 is 11.8 Å². The lowest BCUT2D eigenvalue weighted by Gasteiger charge is -2.64. The van der Waals surface area contributed by atoms with Gasteiger partial charge in [0, 0.05) is 24.7 Å². The van der Waals surface area contributed by atoms with Crippen LogP contribution in [0.5, 0.6) is 0 Å². The van der Waals surface area contributed by atoms with E-state index >= 15 is 0 Å². The molecular formula is C25H38O5. The van der Waals surface area contributed by atoms with Crippen molar-refractivity contribution in [2.24, 2.45) is 40.4 Å². The molecule has 4 saturated carbocycles. The van der Waals surface area contributed by atoms with Crippen LogP contribution in [0, 0.1) is 40.4 Å². The summed E-state index contributed by atoms with van der Waals surface area (Å²) < 4.78 is 18.6. The Morgan fingerprint density at radius 3 is 2.33 bits per heavy atom. The lowest BCUT2D eigenvalue weighted by molar-refractivity contribution is -0.308. The largest absolute Gasteiger partial charge is 0.463 e. The smallest absolute Gasteiger partial charge is 0.302 e. The fourth-order valence-corrected chi connectivity index (χ4v) is 9.04. The molecule has 0 N–H and O–H groups in total. The van der Waals surface area contributed by atoms with Crippen molar-refractivity contribution in [2.45, 2.75) is 91.0 Å². The highest BCUT2D eigenvalue weighted by Crippen LogP contribution is 2.71. The molecule has 5 heteroatoms. The molecule has 0 aromatic rings. The number of ether oxygens (including phenoxy) is 3. The minimum atomic E-state index is -0.608. The Labute approximate surface area is 180 Å². The van der Waals surface area contributed by atoms with Crippen LogP contribution in [0.4, 0.5) is 0 Å². The van der Waals surface area contributed by atoms with Gasteiger partial charge in [-0.25, -0.2) is 0 Å². The fraction of sp³-hybridized carbons (Fsp3) is 0.920. The molecule has 5 nitrogen and oxygen atoms in total. The van der Waals surface area contributed by atoms with Gasteiger partial charge >= 0.3 is 5.97 Å². The van der Waals surface area contributed by atoms with Gasteiger partial charge in [0.05, 0.1) is 13.2 Å². The minimum absolute atomic E-state index is 0.0479. The standard InChI is InChI=1S/C25H38O5/c1-15(26)20-7-8-21-19-6-5-17-13-18(30-16(2)27)9-10-23(17,3)22(19)14-25(24(20,21)4)28-11-12-29-25/h17-22H,5-14H2,1-4H3/t17-,18-,19+,20+,21+,22+,23-,24+/m0/s1. The van der Waals surface area contributed by atoms with Crippen molar-refractivity contribution in [1.29, 1.82) is 0 Å². The predicted octanol–water partition coefficient (Wildman–Crippen LogP) is 4.52. The van der Waals surface area contributed by atoms with Gasteiger partial charge in [-0.15, -0.1) is 0 Å². The molecule has 168 valence electrons. The molecule has 4 aliphatic carbocycles. The van der Waals surface area contributed by atoms with Crippen LogP contribution in [0.3, 0.4) is 0 Å². The third kappa shape index (κ3) is 2.73.